The van der Waals surface area contributed by atoms with Crippen molar-refractivity contribution in [1.29, 1.82) is 0 Å². The Kier molecular flexibility index (Phi) is 4.26. The number of halogens is 1. The van der Waals surface area contributed by atoms with Crippen LogP contribution in [0.15, 0.2) is 18.2 Å². The summed E-state index contributed by atoms with van der Waals surface area (Å²) in [6.45, 7) is 5.81. The lowest BCUT2D eigenvalue weighted by molar-refractivity contribution is 0.0668. The Morgan fingerprint density at radius 1 is 1.53 bits per heavy atom. The SMILES string of the molecule is CC1CN(Cc2cc(Cl)ccc2N)CCCO1. The van der Waals surface area contributed by atoms with Crippen molar-refractivity contribution in [3.8, 4) is 0 Å². The molecule has 0 saturated carbocycles. The summed E-state index contributed by atoms with van der Waals surface area (Å²) in [6.07, 6.45) is 1.36. The zero-order valence-electron chi connectivity index (χ0n) is 10.2. The first-order valence-corrected chi connectivity index (χ1v) is 6.41. The predicted octanol–water partition coefficient (Wildman–Crippen LogP) is 2.53. The number of nitrogens with two attached hydrogens (primary N) is 1. The van der Waals surface area contributed by atoms with E-state index >= 15 is 0 Å². The number of nitrogens with zero attached hydrogens (tertiary/aromatic N) is 1. The van der Waals surface area contributed by atoms with E-state index in [0.29, 0.717) is 0 Å². The van der Waals surface area contributed by atoms with Crippen LogP contribution >= 0.6 is 11.6 Å². The fourth-order valence-corrected chi connectivity index (χ4v) is 2.37. The standard InChI is InChI=1S/C13H19ClN2O/c1-10-8-16(5-2-6-17-10)9-11-7-12(14)3-4-13(11)15/h3-4,7,10H,2,5-6,8-9,15H2,1H3. The van der Waals surface area contributed by atoms with Crippen LogP contribution in [0.25, 0.3) is 0 Å². The Morgan fingerprint density at radius 3 is 3.18 bits per heavy atom. The summed E-state index contributed by atoms with van der Waals surface area (Å²) < 4.78 is 5.63. The van der Waals surface area contributed by atoms with E-state index in [1.165, 1.54) is 0 Å². The smallest absolute Gasteiger partial charge is 0.0674 e. The molecule has 0 radical (unpaired) electrons. The predicted molar refractivity (Wildman–Crippen MR) is 71.2 cm³/mol. The Hall–Kier alpha value is -0.770. The van der Waals surface area contributed by atoms with Crippen molar-refractivity contribution in [3.63, 3.8) is 0 Å². The van der Waals surface area contributed by atoms with E-state index in [2.05, 4.69) is 11.8 Å². The van der Waals surface area contributed by atoms with Gasteiger partial charge in [-0.25, -0.2) is 0 Å². The first kappa shape index (κ1) is 12.7. The summed E-state index contributed by atoms with van der Waals surface area (Å²) in [6, 6.07) is 5.65. The van der Waals surface area contributed by atoms with Crippen LogP contribution in [0.4, 0.5) is 5.69 Å². The first-order valence-electron chi connectivity index (χ1n) is 6.03. The van der Waals surface area contributed by atoms with Gasteiger partial charge in [0, 0.05) is 37.0 Å². The normalized spacial score (nSPS) is 22.4. The lowest BCUT2D eigenvalue weighted by Crippen LogP contribution is -2.30. The molecule has 1 aromatic rings. The molecular formula is C13H19ClN2O. The van der Waals surface area contributed by atoms with Gasteiger partial charge in [-0.05, 0) is 37.1 Å². The average Bonchev–Trinajstić information content (AvgIpc) is 2.48. The molecule has 1 unspecified atom stereocenters. The van der Waals surface area contributed by atoms with Gasteiger partial charge < -0.3 is 10.5 Å². The first-order chi connectivity index (χ1) is 8.15. The molecular weight excluding hydrogens is 236 g/mol. The third kappa shape index (κ3) is 3.60. The zero-order valence-corrected chi connectivity index (χ0v) is 10.9. The van der Waals surface area contributed by atoms with Gasteiger partial charge in [-0.15, -0.1) is 0 Å². The molecule has 0 spiro atoms. The van der Waals surface area contributed by atoms with Gasteiger partial charge in [0.15, 0.2) is 0 Å². The molecule has 0 aromatic heterocycles. The highest BCUT2D eigenvalue weighted by molar-refractivity contribution is 6.30. The van der Waals surface area contributed by atoms with E-state index in [4.69, 9.17) is 22.1 Å². The average molecular weight is 255 g/mol. The fourth-order valence-electron chi connectivity index (χ4n) is 2.18. The summed E-state index contributed by atoms with van der Waals surface area (Å²) in [5, 5.41) is 0.744. The molecule has 1 aromatic carbocycles. The Bertz CT molecular complexity index is 384. The number of hydrogen-bond acceptors (Lipinski definition) is 3. The minimum atomic E-state index is 0.290. The van der Waals surface area contributed by atoms with Gasteiger partial charge in [-0.2, -0.15) is 0 Å². The van der Waals surface area contributed by atoms with Crippen molar-refractivity contribution < 1.29 is 4.74 Å². The molecule has 2 N–H and O–H groups in total. The summed E-state index contributed by atoms with van der Waals surface area (Å²) in [7, 11) is 0. The minimum absolute atomic E-state index is 0.290. The van der Waals surface area contributed by atoms with Crippen LogP contribution in [0.3, 0.4) is 0 Å². The van der Waals surface area contributed by atoms with Crippen molar-refractivity contribution in [3.05, 3.63) is 28.8 Å². The molecule has 94 valence electrons. The lowest BCUT2D eigenvalue weighted by atomic mass is 10.1. The second-order valence-corrected chi connectivity index (χ2v) is 5.05. The molecule has 1 aliphatic heterocycles. The third-order valence-corrected chi connectivity index (χ3v) is 3.27. The molecule has 2 rings (SSSR count). The Morgan fingerprint density at radius 2 is 2.35 bits per heavy atom. The summed E-state index contributed by atoms with van der Waals surface area (Å²) in [5.41, 5.74) is 7.88. The van der Waals surface area contributed by atoms with E-state index in [1.807, 2.05) is 18.2 Å². The van der Waals surface area contributed by atoms with Crippen molar-refractivity contribution in [2.75, 3.05) is 25.4 Å². The molecule has 0 aliphatic carbocycles. The van der Waals surface area contributed by atoms with E-state index in [0.717, 1.165) is 48.9 Å². The van der Waals surface area contributed by atoms with E-state index in [1.54, 1.807) is 0 Å². The minimum Gasteiger partial charge on any atom is -0.398 e. The lowest BCUT2D eigenvalue weighted by Gasteiger charge is -2.22. The van der Waals surface area contributed by atoms with Gasteiger partial charge in [0.25, 0.3) is 0 Å². The van der Waals surface area contributed by atoms with Crippen molar-refractivity contribution >= 4 is 17.3 Å². The van der Waals surface area contributed by atoms with Gasteiger partial charge in [0.2, 0.25) is 0 Å². The highest BCUT2D eigenvalue weighted by atomic mass is 35.5. The third-order valence-electron chi connectivity index (χ3n) is 3.04. The van der Waals surface area contributed by atoms with Crippen molar-refractivity contribution in [2.24, 2.45) is 0 Å². The van der Waals surface area contributed by atoms with Gasteiger partial charge >= 0.3 is 0 Å². The number of benzene rings is 1. The molecule has 0 amide bonds. The number of hydrogen-bond donors (Lipinski definition) is 1. The molecule has 1 saturated heterocycles. The molecule has 0 bridgehead atoms. The van der Waals surface area contributed by atoms with Crippen LogP contribution in [0.5, 0.6) is 0 Å². The largest absolute Gasteiger partial charge is 0.398 e. The van der Waals surface area contributed by atoms with Gasteiger partial charge in [-0.3, -0.25) is 4.90 Å². The number of rotatable bonds is 2. The molecule has 1 fully saturated rings. The van der Waals surface area contributed by atoms with Crippen LogP contribution in [0.2, 0.25) is 5.02 Å². The fraction of sp³-hybridized carbons (Fsp3) is 0.538. The summed E-state index contributed by atoms with van der Waals surface area (Å²) in [4.78, 5) is 2.37. The zero-order chi connectivity index (χ0) is 12.3. The molecule has 1 aliphatic rings. The number of nitrogen functional groups attached to an aromatic ring is 1. The van der Waals surface area contributed by atoms with E-state index in [-0.39, 0.29) is 6.10 Å². The van der Waals surface area contributed by atoms with Gasteiger partial charge in [-0.1, -0.05) is 11.6 Å². The molecule has 4 heteroatoms. The van der Waals surface area contributed by atoms with Gasteiger partial charge in [0.05, 0.1) is 6.10 Å². The quantitative estimate of drug-likeness (QED) is 0.825. The van der Waals surface area contributed by atoms with E-state index < -0.39 is 0 Å². The summed E-state index contributed by atoms with van der Waals surface area (Å²) in [5.74, 6) is 0. The van der Waals surface area contributed by atoms with Crippen LogP contribution < -0.4 is 5.73 Å². The molecule has 1 heterocycles. The second kappa shape index (κ2) is 5.71. The van der Waals surface area contributed by atoms with Crippen LogP contribution in [-0.2, 0) is 11.3 Å². The summed E-state index contributed by atoms with van der Waals surface area (Å²) >= 11 is 6.00. The maximum Gasteiger partial charge on any atom is 0.0674 e. The van der Waals surface area contributed by atoms with Crippen molar-refractivity contribution in [1.82, 2.24) is 4.90 Å². The van der Waals surface area contributed by atoms with Gasteiger partial charge in [0.1, 0.15) is 0 Å². The highest BCUT2D eigenvalue weighted by Gasteiger charge is 2.16. The van der Waals surface area contributed by atoms with Crippen LogP contribution in [0, 0.1) is 0 Å². The van der Waals surface area contributed by atoms with Crippen molar-refractivity contribution in [2.45, 2.75) is 26.0 Å². The van der Waals surface area contributed by atoms with E-state index in [9.17, 15) is 0 Å². The maximum atomic E-state index is 6.00. The second-order valence-electron chi connectivity index (χ2n) is 4.61. The van der Waals surface area contributed by atoms with Crippen LogP contribution in [0.1, 0.15) is 18.9 Å². The molecule has 1 atom stereocenters. The molecule has 17 heavy (non-hydrogen) atoms. The monoisotopic (exact) mass is 254 g/mol. The Labute approximate surface area is 107 Å². The maximum absolute atomic E-state index is 6.00. The topological polar surface area (TPSA) is 38.5 Å². The Balaban J connectivity index is 2.06. The van der Waals surface area contributed by atoms with Crippen LogP contribution in [-0.4, -0.2) is 30.7 Å². The molecule has 3 nitrogen and oxygen atoms in total. The number of ether oxygens (including phenoxy) is 1. The number of anilines is 1. The highest BCUT2D eigenvalue weighted by Crippen LogP contribution is 2.20.